The summed E-state index contributed by atoms with van der Waals surface area (Å²) in [5, 5.41) is 10.7. The maximum absolute atomic E-state index is 10.7. The van der Waals surface area contributed by atoms with Gasteiger partial charge in [0.2, 0.25) is 0 Å². The van der Waals surface area contributed by atoms with Crippen LogP contribution in [0.25, 0.3) is 5.57 Å². The number of hydrogen-bond donors (Lipinski definition) is 1. The van der Waals surface area contributed by atoms with Gasteiger partial charge in [-0.1, -0.05) is 50.8 Å². The summed E-state index contributed by atoms with van der Waals surface area (Å²) in [5.74, 6) is 1.94. The standard InChI is InChI=1S/C18H24O/c1-12(13-7-5-4-6-8-13)17(19)15-10-9-14-11-16(15)18(14,2)3/h4-8,14-17,19H,1,9-11H2,2-3H3. The zero-order valence-corrected chi connectivity index (χ0v) is 12.0. The van der Waals surface area contributed by atoms with Crippen molar-refractivity contribution in [1.29, 1.82) is 0 Å². The van der Waals surface area contributed by atoms with E-state index in [9.17, 15) is 5.11 Å². The van der Waals surface area contributed by atoms with Crippen molar-refractivity contribution in [2.75, 3.05) is 0 Å². The lowest BCUT2D eigenvalue weighted by Crippen LogP contribution is -2.55. The van der Waals surface area contributed by atoms with Crippen LogP contribution in [0, 0.1) is 23.2 Å². The summed E-state index contributed by atoms with van der Waals surface area (Å²) < 4.78 is 0. The lowest BCUT2D eigenvalue weighted by atomic mass is 9.44. The molecule has 3 aliphatic carbocycles. The third-order valence-electron chi connectivity index (χ3n) is 5.82. The van der Waals surface area contributed by atoms with E-state index in [1.165, 1.54) is 12.8 Å². The zero-order chi connectivity index (χ0) is 13.6. The summed E-state index contributed by atoms with van der Waals surface area (Å²) in [6.07, 6.45) is 3.35. The normalized spacial score (nSPS) is 33.3. The summed E-state index contributed by atoms with van der Waals surface area (Å²) in [6.45, 7) is 8.89. The summed E-state index contributed by atoms with van der Waals surface area (Å²) >= 11 is 0. The molecule has 1 aromatic carbocycles. The molecule has 1 heteroatoms. The van der Waals surface area contributed by atoms with Crippen molar-refractivity contribution in [3.63, 3.8) is 0 Å². The van der Waals surface area contributed by atoms with Gasteiger partial charge < -0.3 is 5.11 Å². The second kappa shape index (κ2) is 4.49. The van der Waals surface area contributed by atoms with E-state index in [0.717, 1.165) is 23.5 Å². The average molecular weight is 256 g/mol. The molecule has 4 rings (SSSR count). The van der Waals surface area contributed by atoms with Crippen LogP contribution in [0.4, 0.5) is 0 Å². The van der Waals surface area contributed by atoms with Gasteiger partial charge in [0.15, 0.2) is 0 Å². The van der Waals surface area contributed by atoms with Crippen molar-refractivity contribution >= 4 is 5.57 Å². The molecule has 3 fully saturated rings. The molecule has 2 bridgehead atoms. The summed E-state index contributed by atoms with van der Waals surface area (Å²) in [5.41, 5.74) is 2.39. The van der Waals surface area contributed by atoms with Crippen LogP contribution in [-0.4, -0.2) is 11.2 Å². The quantitative estimate of drug-likeness (QED) is 0.862. The van der Waals surface area contributed by atoms with E-state index in [0.29, 0.717) is 17.3 Å². The highest BCUT2D eigenvalue weighted by atomic mass is 16.3. The van der Waals surface area contributed by atoms with Crippen LogP contribution in [0.2, 0.25) is 0 Å². The number of fused-ring (bicyclic) bond motifs is 2. The van der Waals surface area contributed by atoms with Crippen LogP contribution in [0.1, 0.15) is 38.7 Å². The van der Waals surface area contributed by atoms with E-state index < -0.39 is 0 Å². The molecule has 0 aliphatic heterocycles. The molecule has 1 aromatic rings. The fourth-order valence-electron chi connectivity index (χ4n) is 4.33. The molecular weight excluding hydrogens is 232 g/mol. The van der Waals surface area contributed by atoms with Crippen LogP contribution in [-0.2, 0) is 0 Å². The van der Waals surface area contributed by atoms with E-state index in [4.69, 9.17) is 0 Å². The summed E-state index contributed by atoms with van der Waals surface area (Å²) in [4.78, 5) is 0. The third kappa shape index (κ3) is 1.95. The van der Waals surface area contributed by atoms with Crippen LogP contribution in [0.15, 0.2) is 36.9 Å². The van der Waals surface area contributed by atoms with Gasteiger partial charge in [-0.25, -0.2) is 0 Å². The number of benzene rings is 1. The lowest BCUT2D eigenvalue weighted by molar-refractivity contribution is -0.127. The molecule has 4 atom stereocenters. The summed E-state index contributed by atoms with van der Waals surface area (Å²) in [6, 6.07) is 10.1. The predicted molar refractivity (Wildman–Crippen MR) is 79.6 cm³/mol. The molecular formula is C18H24O. The fraction of sp³-hybridized carbons (Fsp3) is 0.556. The van der Waals surface area contributed by atoms with Crippen LogP contribution in [0.5, 0.6) is 0 Å². The van der Waals surface area contributed by atoms with Crippen molar-refractivity contribution in [2.24, 2.45) is 23.2 Å². The maximum atomic E-state index is 10.7. The smallest absolute Gasteiger partial charge is 0.0821 e. The van der Waals surface area contributed by atoms with Gasteiger partial charge in [-0.3, -0.25) is 0 Å². The third-order valence-corrected chi connectivity index (χ3v) is 5.82. The first-order chi connectivity index (χ1) is 9.01. The topological polar surface area (TPSA) is 20.2 Å². The van der Waals surface area contributed by atoms with Gasteiger partial charge in [-0.15, -0.1) is 0 Å². The highest BCUT2D eigenvalue weighted by Gasteiger charge is 2.55. The molecule has 102 valence electrons. The molecule has 4 unspecified atom stereocenters. The fourth-order valence-corrected chi connectivity index (χ4v) is 4.33. The number of aliphatic hydroxyl groups excluding tert-OH is 1. The molecule has 0 heterocycles. The monoisotopic (exact) mass is 256 g/mol. The average Bonchev–Trinajstić information content (AvgIpc) is 2.46. The molecule has 0 aromatic heterocycles. The van der Waals surface area contributed by atoms with Crippen LogP contribution in [0.3, 0.4) is 0 Å². The van der Waals surface area contributed by atoms with Crippen LogP contribution >= 0.6 is 0 Å². The van der Waals surface area contributed by atoms with Gasteiger partial charge in [-0.2, -0.15) is 0 Å². The Kier molecular flexibility index (Phi) is 3.05. The first-order valence-corrected chi connectivity index (χ1v) is 7.44. The van der Waals surface area contributed by atoms with Gasteiger partial charge in [0, 0.05) is 0 Å². The Labute approximate surface area is 116 Å². The summed E-state index contributed by atoms with van der Waals surface area (Å²) in [7, 11) is 0. The molecule has 19 heavy (non-hydrogen) atoms. The predicted octanol–water partition coefficient (Wildman–Crippen LogP) is 4.13. The molecule has 0 amide bonds. The molecule has 0 saturated heterocycles. The minimum Gasteiger partial charge on any atom is -0.388 e. The Morgan fingerprint density at radius 3 is 2.53 bits per heavy atom. The molecule has 1 nitrogen and oxygen atoms in total. The van der Waals surface area contributed by atoms with Crippen molar-refractivity contribution in [3.05, 3.63) is 42.5 Å². The Balaban J connectivity index is 1.77. The number of rotatable bonds is 3. The number of aliphatic hydroxyl groups is 1. The minimum atomic E-state index is -0.382. The van der Waals surface area contributed by atoms with Gasteiger partial charge >= 0.3 is 0 Å². The molecule has 0 radical (unpaired) electrons. The maximum Gasteiger partial charge on any atom is 0.0821 e. The van der Waals surface area contributed by atoms with Gasteiger partial charge in [0.05, 0.1) is 6.10 Å². The largest absolute Gasteiger partial charge is 0.388 e. The molecule has 1 N–H and O–H groups in total. The van der Waals surface area contributed by atoms with Crippen molar-refractivity contribution in [3.8, 4) is 0 Å². The molecule has 0 spiro atoms. The van der Waals surface area contributed by atoms with E-state index in [1.54, 1.807) is 0 Å². The molecule has 3 saturated carbocycles. The van der Waals surface area contributed by atoms with Crippen LogP contribution < -0.4 is 0 Å². The Morgan fingerprint density at radius 2 is 1.95 bits per heavy atom. The van der Waals surface area contributed by atoms with E-state index in [2.05, 4.69) is 20.4 Å². The second-order valence-electron chi connectivity index (χ2n) is 6.94. The Bertz CT molecular complexity index is 472. The molecule has 3 aliphatic rings. The van der Waals surface area contributed by atoms with Gasteiger partial charge in [-0.05, 0) is 53.6 Å². The minimum absolute atomic E-state index is 0.382. The van der Waals surface area contributed by atoms with E-state index in [1.807, 2.05) is 30.3 Å². The number of hydrogen-bond acceptors (Lipinski definition) is 1. The van der Waals surface area contributed by atoms with E-state index in [-0.39, 0.29) is 6.10 Å². The van der Waals surface area contributed by atoms with Crippen molar-refractivity contribution in [2.45, 2.75) is 39.2 Å². The van der Waals surface area contributed by atoms with E-state index >= 15 is 0 Å². The Hall–Kier alpha value is -1.08. The first-order valence-electron chi connectivity index (χ1n) is 7.44. The lowest BCUT2D eigenvalue weighted by Gasteiger charge is -2.61. The highest BCUT2D eigenvalue weighted by Crippen LogP contribution is 2.62. The highest BCUT2D eigenvalue weighted by molar-refractivity contribution is 5.66. The van der Waals surface area contributed by atoms with Crippen molar-refractivity contribution in [1.82, 2.24) is 0 Å². The second-order valence-corrected chi connectivity index (χ2v) is 6.94. The van der Waals surface area contributed by atoms with Gasteiger partial charge in [0.1, 0.15) is 0 Å². The van der Waals surface area contributed by atoms with Gasteiger partial charge in [0.25, 0.3) is 0 Å². The SMILES string of the molecule is C=C(c1ccccc1)C(O)C1CCC2CC1C2(C)C. The van der Waals surface area contributed by atoms with Crippen molar-refractivity contribution < 1.29 is 5.11 Å². The first kappa shape index (κ1) is 12.9. The Morgan fingerprint density at radius 1 is 1.26 bits per heavy atom. The zero-order valence-electron chi connectivity index (χ0n) is 12.0.